The Morgan fingerprint density at radius 1 is 1.42 bits per heavy atom. The van der Waals surface area contributed by atoms with Gasteiger partial charge in [0.1, 0.15) is 11.6 Å². The number of hydrogen-bond acceptors (Lipinski definition) is 4. The molecule has 5 nitrogen and oxygen atoms in total. The Labute approximate surface area is 113 Å². The van der Waals surface area contributed by atoms with E-state index in [0.29, 0.717) is 17.8 Å². The van der Waals surface area contributed by atoms with E-state index in [4.69, 9.17) is 0 Å². The van der Waals surface area contributed by atoms with Gasteiger partial charge in [-0.15, -0.1) is 0 Å². The maximum absolute atomic E-state index is 11.6. The fourth-order valence-corrected chi connectivity index (χ4v) is 2.88. The van der Waals surface area contributed by atoms with Crippen molar-refractivity contribution in [2.75, 3.05) is 24.5 Å². The standard InChI is InChI=1S/C14H22N4O/c1-10-16-13(7-14(19)17-10)18(12-4-5-12)9-11-3-2-6-15-8-11/h7,11-12,15H,2-6,8-9H2,1H3,(H,16,17,19). The molecule has 1 aromatic heterocycles. The summed E-state index contributed by atoms with van der Waals surface area (Å²) in [5.74, 6) is 2.24. The SMILES string of the molecule is Cc1nc(N(CC2CCCNC2)C2CC2)cc(=O)[nH]1. The predicted molar refractivity (Wildman–Crippen MR) is 75.6 cm³/mol. The average molecular weight is 262 g/mol. The molecule has 0 spiro atoms. The Hall–Kier alpha value is -1.36. The normalized spacial score (nSPS) is 23.3. The molecule has 0 aromatic carbocycles. The van der Waals surface area contributed by atoms with Gasteiger partial charge in [0.2, 0.25) is 0 Å². The lowest BCUT2D eigenvalue weighted by atomic mass is 9.99. The number of aromatic amines is 1. The molecule has 1 aliphatic heterocycles. The smallest absolute Gasteiger partial charge is 0.252 e. The van der Waals surface area contributed by atoms with Crippen LogP contribution in [0.3, 0.4) is 0 Å². The minimum atomic E-state index is -0.0464. The van der Waals surface area contributed by atoms with Crippen LogP contribution in [0.5, 0.6) is 0 Å². The Balaban J connectivity index is 1.77. The van der Waals surface area contributed by atoms with Crippen molar-refractivity contribution in [3.05, 3.63) is 22.2 Å². The molecule has 0 amide bonds. The van der Waals surface area contributed by atoms with Crippen LogP contribution in [-0.2, 0) is 0 Å². The molecule has 3 rings (SSSR count). The zero-order valence-corrected chi connectivity index (χ0v) is 11.5. The predicted octanol–water partition coefficient (Wildman–Crippen LogP) is 1.05. The second kappa shape index (κ2) is 5.33. The summed E-state index contributed by atoms with van der Waals surface area (Å²) in [7, 11) is 0. The van der Waals surface area contributed by atoms with Gasteiger partial charge in [0, 0.05) is 18.7 Å². The highest BCUT2D eigenvalue weighted by molar-refractivity contribution is 5.40. The van der Waals surface area contributed by atoms with Crippen LogP contribution in [0.15, 0.2) is 10.9 Å². The number of nitrogens with one attached hydrogen (secondary N) is 2. The molecule has 1 saturated carbocycles. The number of rotatable bonds is 4. The monoisotopic (exact) mass is 262 g/mol. The van der Waals surface area contributed by atoms with Crippen LogP contribution < -0.4 is 15.8 Å². The third-order valence-electron chi connectivity index (χ3n) is 3.98. The van der Waals surface area contributed by atoms with Crippen LogP contribution in [-0.4, -0.2) is 35.6 Å². The first-order valence-electron chi connectivity index (χ1n) is 7.28. The molecule has 19 heavy (non-hydrogen) atoms. The number of piperidine rings is 1. The zero-order valence-electron chi connectivity index (χ0n) is 11.5. The van der Waals surface area contributed by atoms with E-state index in [1.54, 1.807) is 6.07 Å². The summed E-state index contributed by atoms with van der Waals surface area (Å²) in [6.45, 7) is 5.10. The van der Waals surface area contributed by atoms with Gasteiger partial charge in [0.05, 0.1) is 0 Å². The third-order valence-corrected chi connectivity index (χ3v) is 3.98. The summed E-state index contributed by atoms with van der Waals surface area (Å²) in [5, 5.41) is 3.46. The fraction of sp³-hybridized carbons (Fsp3) is 0.714. The van der Waals surface area contributed by atoms with Crippen LogP contribution in [0.2, 0.25) is 0 Å². The summed E-state index contributed by atoms with van der Waals surface area (Å²) in [6.07, 6.45) is 4.99. The molecule has 0 radical (unpaired) electrons. The molecule has 2 fully saturated rings. The Morgan fingerprint density at radius 2 is 2.26 bits per heavy atom. The molecule has 5 heteroatoms. The molecular formula is C14H22N4O. The molecule has 2 aliphatic rings. The number of anilines is 1. The van der Waals surface area contributed by atoms with Gasteiger partial charge in [-0.05, 0) is 51.6 Å². The van der Waals surface area contributed by atoms with Gasteiger partial charge in [-0.25, -0.2) is 4.98 Å². The van der Waals surface area contributed by atoms with Crippen LogP contribution in [0, 0.1) is 12.8 Å². The van der Waals surface area contributed by atoms with E-state index < -0.39 is 0 Å². The average Bonchev–Trinajstić information content (AvgIpc) is 3.20. The van der Waals surface area contributed by atoms with E-state index in [9.17, 15) is 4.79 Å². The summed E-state index contributed by atoms with van der Waals surface area (Å²) < 4.78 is 0. The van der Waals surface area contributed by atoms with E-state index in [-0.39, 0.29) is 5.56 Å². The van der Waals surface area contributed by atoms with Gasteiger partial charge in [-0.1, -0.05) is 0 Å². The van der Waals surface area contributed by atoms with Crippen molar-refractivity contribution in [2.45, 2.75) is 38.6 Å². The van der Waals surface area contributed by atoms with Gasteiger partial charge in [0.15, 0.2) is 0 Å². The van der Waals surface area contributed by atoms with Gasteiger partial charge < -0.3 is 15.2 Å². The van der Waals surface area contributed by atoms with Crippen LogP contribution in [0.1, 0.15) is 31.5 Å². The highest BCUT2D eigenvalue weighted by Gasteiger charge is 2.32. The van der Waals surface area contributed by atoms with Crippen molar-refractivity contribution in [1.29, 1.82) is 0 Å². The van der Waals surface area contributed by atoms with Crippen LogP contribution >= 0.6 is 0 Å². The summed E-state index contributed by atoms with van der Waals surface area (Å²) in [6, 6.07) is 2.23. The van der Waals surface area contributed by atoms with Crippen molar-refractivity contribution in [2.24, 2.45) is 5.92 Å². The second-order valence-corrected chi connectivity index (χ2v) is 5.78. The minimum absolute atomic E-state index is 0.0464. The van der Waals surface area contributed by atoms with Crippen LogP contribution in [0.25, 0.3) is 0 Å². The van der Waals surface area contributed by atoms with E-state index in [0.717, 1.165) is 25.5 Å². The van der Waals surface area contributed by atoms with Crippen LogP contribution in [0.4, 0.5) is 5.82 Å². The lowest BCUT2D eigenvalue weighted by molar-refractivity contribution is 0.375. The molecule has 104 valence electrons. The molecule has 1 atom stereocenters. The topological polar surface area (TPSA) is 61.0 Å². The molecule has 0 bridgehead atoms. The van der Waals surface area contributed by atoms with Gasteiger partial charge >= 0.3 is 0 Å². The first-order chi connectivity index (χ1) is 9.22. The van der Waals surface area contributed by atoms with E-state index in [1.807, 2.05) is 6.92 Å². The van der Waals surface area contributed by atoms with Gasteiger partial charge in [0.25, 0.3) is 5.56 Å². The number of aryl methyl sites for hydroxylation is 1. The fourth-order valence-electron chi connectivity index (χ4n) is 2.88. The second-order valence-electron chi connectivity index (χ2n) is 5.78. The number of aromatic nitrogens is 2. The van der Waals surface area contributed by atoms with Crippen molar-refractivity contribution >= 4 is 5.82 Å². The van der Waals surface area contributed by atoms with Gasteiger partial charge in [-0.2, -0.15) is 0 Å². The largest absolute Gasteiger partial charge is 0.353 e. The van der Waals surface area contributed by atoms with Crippen molar-refractivity contribution < 1.29 is 0 Å². The molecule has 1 aromatic rings. The number of nitrogens with zero attached hydrogens (tertiary/aromatic N) is 2. The summed E-state index contributed by atoms with van der Waals surface area (Å²) in [4.78, 5) is 21.2. The quantitative estimate of drug-likeness (QED) is 0.851. The zero-order chi connectivity index (χ0) is 13.2. The number of hydrogen-bond donors (Lipinski definition) is 2. The minimum Gasteiger partial charge on any atom is -0.353 e. The molecule has 1 saturated heterocycles. The summed E-state index contributed by atoms with van der Waals surface area (Å²) >= 11 is 0. The Kier molecular flexibility index (Phi) is 3.55. The lowest BCUT2D eigenvalue weighted by Gasteiger charge is -2.31. The van der Waals surface area contributed by atoms with E-state index in [1.165, 1.54) is 25.7 Å². The van der Waals surface area contributed by atoms with E-state index >= 15 is 0 Å². The van der Waals surface area contributed by atoms with E-state index in [2.05, 4.69) is 20.2 Å². The maximum Gasteiger partial charge on any atom is 0.252 e. The lowest BCUT2D eigenvalue weighted by Crippen LogP contribution is -2.40. The molecule has 1 aliphatic carbocycles. The molecule has 2 N–H and O–H groups in total. The van der Waals surface area contributed by atoms with Crippen molar-refractivity contribution in [1.82, 2.24) is 15.3 Å². The maximum atomic E-state index is 11.6. The van der Waals surface area contributed by atoms with Crippen molar-refractivity contribution in [3.8, 4) is 0 Å². The first-order valence-corrected chi connectivity index (χ1v) is 7.28. The Bertz CT molecular complexity index is 488. The number of H-pyrrole nitrogens is 1. The van der Waals surface area contributed by atoms with Crippen molar-refractivity contribution in [3.63, 3.8) is 0 Å². The molecule has 2 heterocycles. The highest BCUT2D eigenvalue weighted by Crippen LogP contribution is 2.31. The summed E-state index contributed by atoms with van der Waals surface area (Å²) in [5.41, 5.74) is -0.0464. The molecule has 1 unspecified atom stereocenters. The highest BCUT2D eigenvalue weighted by atomic mass is 16.1. The molecular weight excluding hydrogens is 240 g/mol. The Morgan fingerprint density at radius 3 is 2.89 bits per heavy atom. The van der Waals surface area contributed by atoms with Gasteiger partial charge in [-0.3, -0.25) is 4.79 Å². The third kappa shape index (κ3) is 3.15. The first kappa shape index (κ1) is 12.7.